The molecule has 1 amide bonds. The molecular formula is C18H22N2O2S2. The topological polar surface area (TPSA) is 51.2 Å². The predicted octanol–water partition coefficient (Wildman–Crippen LogP) is 4.40. The first-order valence-electron chi connectivity index (χ1n) is 8.19. The van der Waals surface area contributed by atoms with Gasteiger partial charge in [0.05, 0.1) is 12.8 Å². The molecule has 2 aromatic rings. The summed E-state index contributed by atoms with van der Waals surface area (Å²) in [4.78, 5) is 19.2. The van der Waals surface area contributed by atoms with Crippen LogP contribution < -0.4 is 10.1 Å². The highest BCUT2D eigenvalue weighted by Gasteiger charge is 2.20. The molecule has 0 bridgehead atoms. The summed E-state index contributed by atoms with van der Waals surface area (Å²) in [6.45, 7) is 2.28. The molecule has 0 fully saturated rings. The van der Waals surface area contributed by atoms with Crippen molar-refractivity contribution in [3.63, 3.8) is 0 Å². The summed E-state index contributed by atoms with van der Waals surface area (Å²) in [5.41, 5.74) is 1.18. The van der Waals surface area contributed by atoms with Crippen LogP contribution in [0.2, 0.25) is 0 Å². The normalized spacial score (nSPS) is 16.5. The van der Waals surface area contributed by atoms with Crippen LogP contribution in [0.25, 0.3) is 0 Å². The first kappa shape index (κ1) is 17.3. The van der Waals surface area contributed by atoms with Crippen molar-refractivity contribution in [2.75, 3.05) is 18.2 Å². The standard InChI is InChI=1S/C18H22N2O2S2/c1-12-3-8-15-16(11-12)24-18(19-15)20-17(21)9-10-23-14-6-4-13(22-2)5-7-14/h4-7,12H,3,8-11H2,1-2H3,(H,19,20,21)/t12-/m0/s1. The number of rotatable bonds is 6. The van der Waals surface area contributed by atoms with Crippen molar-refractivity contribution in [2.24, 2.45) is 5.92 Å². The van der Waals surface area contributed by atoms with Crippen molar-refractivity contribution < 1.29 is 9.53 Å². The van der Waals surface area contributed by atoms with Crippen LogP contribution in [0.4, 0.5) is 5.13 Å². The zero-order valence-electron chi connectivity index (χ0n) is 14.0. The Morgan fingerprint density at radius 1 is 1.42 bits per heavy atom. The minimum atomic E-state index is 0.0372. The highest BCUT2D eigenvalue weighted by molar-refractivity contribution is 7.99. The lowest BCUT2D eigenvalue weighted by Gasteiger charge is -2.15. The average molecular weight is 363 g/mol. The first-order chi connectivity index (χ1) is 11.6. The molecule has 1 aliphatic rings. The van der Waals surface area contributed by atoms with Crippen LogP contribution in [0.1, 0.15) is 30.3 Å². The molecular weight excluding hydrogens is 340 g/mol. The van der Waals surface area contributed by atoms with Crippen molar-refractivity contribution >= 4 is 34.1 Å². The molecule has 1 N–H and O–H groups in total. The van der Waals surface area contributed by atoms with Crippen LogP contribution in [0.3, 0.4) is 0 Å². The first-order valence-corrected chi connectivity index (χ1v) is 9.99. The molecule has 0 unspecified atom stereocenters. The van der Waals surface area contributed by atoms with E-state index in [9.17, 15) is 4.79 Å². The second kappa shape index (κ2) is 8.03. The Bertz CT molecular complexity index is 698. The zero-order valence-corrected chi connectivity index (χ0v) is 15.6. The van der Waals surface area contributed by atoms with Gasteiger partial charge in [-0.3, -0.25) is 4.79 Å². The molecule has 1 aromatic carbocycles. The van der Waals surface area contributed by atoms with Gasteiger partial charge in [0, 0.05) is 21.9 Å². The second-order valence-corrected chi connectivity index (χ2v) is 8.31. The minimum Gasteiger partial charge on any atom is -0.497 e. The summed E-state index contributed by atoms with van der Waals surface area (Å²) in [6.07, 6.45) is 3.81. The largest absolute Gasteiger partial charge is 0.497 e. The molecule has 0 saturated heterocycles. The maximum atomic E-state index is 12.1. The molecule has 24 heavy (non-hydrogen) atoms. The number of aryl methyl sites for hydroxylation is 1. The van der Waals surface area contributed by atoms with Gasteiger partial charge in [-0.1, -0.05) is 6.92 Å². The summed E-state index contributed by atoms with van der Waals surface area (Å²) in [6, 6.07) is 7.89. The number of thioether (sulfide) groups is 1. The summed E-state index contributed by atoms with van der Waals surface area (Å²) in [5, 5.41) is 3.71. The highest BCUT2D eigenvalue weighted by atomic mass is 32.2. The molecule has 0 radical (unpaired) electrons. The fourth-order valence-electron chi connectivity index (χ4n) is 2.71. The van der Waals surface area contributed by atoms with Crippen LogP contribution in [0, 0.1) is 5.92 Å². The van der Waals surface area contributed by atoms with E-state index in [1.165, 1.54) is 17.0 Å². The van der Waals surface area contributed by atoms with E-state index in [0.29, 0.717) is 6.42 Å². The monoisotopic (exact) mass is 362 g/mol. The number of carbonyl (C=O) groups excluding carboxylic acids is 1. The number of nitrogens with zero attached hydrogens (tertiary/aromatic N) is 1. The van der Waals surface area contributed by atoms with Crippen molar-refractivity contribution in [3.05, 3.63) is 34.8 Å². The van der Waals surface area contributed by atoms with Gasteiger partial charge in [0.2, 0.25) is 5.91 Å². The number of carbonyl (C=O) groups is 1. The molecule has 1 aliphatic carbocycles. The van der Waals surface area contributed by atoms with E-state index in [-0.39, 0.29) is 5.91 Å². The maximum Gasteiger partial charge on any atom is 0.226 e. The Hall–Kier alpha value is -1.53. The van der Waals surface area contributed by atoms with Crippen LogP contribution >= 0.6 is 23.1 Å². The number of fused-ring (bicyclic) bond motifs is 1. The zero-order chi connectivity index (χ0) is 16.9. The Morgan fingerprint density at radius 2 is 2.21 bits per heavy atom. The number of nitrogens with one attached hydrogen (secondary N) is 1. The number of thiazole rings is 1. The summed E-state index contributed by atoms with van der Waals surface area (Å²) in [5.74, 6) is 2.36. The number of anilines is 1. The second-order valence-electron chi connectivity index (χ2n) is 6.06. The van der Waals surface area contributed by atoms with E-state index in [4.69, 9.17) is 4.74 Å². The van der Waals surface area contributed by atoms with Gasteiger partial charge >= 0.3 is 0 Å². The van der Waals surface area contributed by atoms with Crippen molar-refractivity contribution in [3.8, 4) is 5.75 Å². The molecule has 0 spiro atoms. The van der Waals surface area contributed by atoms with Gasteiger partial charge in [0.1, 0.15) is 5.75 Å². The Balaban J connectivity index is 1.45. The predicted molar refractivity (Wildman–Crippen MR) is 100 cm³/mol. The van der Waals surface area contributed by atoms with E-state index in [0.717, 1.165) is 40.3 Å². The number of methoxy groups -OCH3 is 1. The Labute approximate surface area is 151 Å². The Kier molecular flexibility index (Phi) is 5.79. The molecule has 1 atom stereocenters. The van der Waals surface area contributed by atoms with E-state index in [1.54, 1.807) is 30.2 Å². The van der Waals surface area contributed by atoms with Crippen molar-refractivity contribution in [1.29, 1.82) is 0 Å². The molecule has 128 valence electrons. The number of benzene rings is 1. The molecule has 6 heteroatoms. The number of ether oxygens (including phenoxy) is 1. The third-order valence-electron chi connectivity index (χ3n) is 4.09. The third-order valence-corrected chi connectivity index (χ3v) is 6.14. The summed E-state index contributed by atoms with van der Waals surface area (Å²) >= 11 is 3.31. The van der Waals surface area contributed by atoms with Gasteiger partial charge in [0.15, 0.2) is 5.13 Å². The van der Waals surface area contributed by atoms with E-state index >= 15 is 0 Å². The van der Waals surface area contributed by atoms with Crippen LogP contribution in [-0.4, -0.2) is 23.8 Å². The van der Waals surface area contributed by atoms with E-state index in [1.807, 2.05) is 24.3 Å². The lowest BCUT2D eigenvalue weighted by molar-refractivity contribution is -0.115. The van der Waals surface area contributed by atoms with Gasteiger partial charge in [-0.25, -0.2) is 4.98 Å². The fourth-order valence-corrected chi connectivity index (χ4v) is 4.75. The van der Waals surface area contributed by atoms with E-state index in [2.05, 4.69) is 17.2 Å². The van der Waals surface area contributed by atoms with Crippen LogP contribution in [0.15, 0.2) is 29.2 Å². The lowest BCUT2D eigenvalue weighted by Crippen LogP contribution is -2.12. The average Bonchev–Trinajstić information content (AvgIpc) is 2.96. The van der Waals surface area contributed by atoms with Gasteiger partial charge in [-0.15, -0.1) is 23.1 Å². The molecule has 3 rings (SSSR count). The van der Waals surface area contributed by atoms with Crippen LogP contribution in [-0.2, 0) is 17.6 Å². The van der Waals surface area contributed by atoms with Gasteiger partial charge < -0.3 is 10.1 Å². The number of hydrogen-bond donors (Lipinski definition) is 1. The molecule has 0 saturated carbocycles. The van der Waals surface area contributed by atoms with Gasteiger partial charge in [-0.05, 0) is 49.4 Å². The molecule has 0 aliphatic heterocycles. The van der Waals surface area contributed by atoms with Crippen molar-refractivity contribution in [1.82, 2.24) is 4.98 Å². The molecule has 4 nitrogen and oxygen atoms in total. The third kappa shape index (κ3) is 4.51. The maximum absolute atomic E-state index is 12.1. The SMILES string of the molecule is COc1ccc(SCCC(=O)Nc2nc3c(s2)C[C@@H](C)CC3)cc1. The molecule has 1 aromatic heterocycles. The number of hydrogen-bond acceptors (Lipinski definition) is 5. The number of aromatic nitrogens is 1. The molecule has 1 heterocycles. The smallest absolute Gasteiger partial charge is 0.226 e. The number of amides is 1. The highest BCUT2D eigenvalue weighted by Crippen LogP contribution is 2.32. The minimum absolute atomic E-state index is 0.0372. The summed E-state index contributed by atoms with van der Waals surface area (Å²) in [7, 11) is 1.66. The van der Waals surface area contributed by atoms with E-state index < -0.39 is 0 Å². The fraction of sp³-hybridized carbons (Fsp3) is 0.444. The van der Waals surface area contributed by atoms with Gasteiger partial charge in [0.25, 0.3) is 0 Å². The van der Waals surface area contributed by atoms with Crippen molar-refractivity contribution in [2.45, 2.75) is 37.5 Å². The van der Waals surface area contributed by atoms with Crippen LogP contribution in [0.5, 0.6) is 5.75 Å². The summed E-state index contributed by atoms with van der Waals surface area (Å²) < 4.78 is 5.14. The lowest BCUT2D eigenvalue weighted by atomic mass is 9.93. The van der Waals surface area contributed by atoms with Gasteiger partial charge in [-0.2, -0.15) is 0 Å². The quantitative estimate of drug-likeness (QED) is 0.774. The Morgan fingerprint density at radius 3 is 2.96 bits per heavy atom.